The van der Waals surface area contributed by atoms with Crippen LogP contribution in [0.5, 0.6) is 0 Å². The lowest BCUT2D eigenvalue weighted by atomic mass is 10.4. The van der Waals surface area contributed by atoms with Gasteiger partial charge in [-0.25, -0.2) is 0 Å². The van der Waals surface area contributed by atoms with Crippen molar-refractivity contribution < 1.29 is 4.79 Å². The number of hydrogen-bond acceptors (Lipinski definition) is 2. The minimum absolute atomic E-state index is 0.643. The van der Waals surface area contributed by atoms with Crippen LogP contribution >= 0.6 is 11.3 Å². The number of thiophene rings is 1. The van der Waals surface area contributed by atoms with Crippen molar-refractivity contribution in [3.63, 3.8) is 0 Å². The van der Waals surface area contributed by atoms with Gasteiger partial charge in [0.1, 0.15) is 0 Å². The summed E-state index contributed by atoms with van der Waals surface area (Å²) in [5.41, 5.74) is 0. The summed E-state index contributed by atoms with van der Waals surface area (Å²) in [5, 5.41) is 4.42. The third kappa shape index (κ3) is 2.03. The van der Waals surface area contributed by atoms with Crippen molar-refractivity contribution in [2.24, 2.45) is 0 Å². The van der Waals surface area contributed by atoms with Crippen molar-refractivity contribution in [3.05, 3.63) is 28.6 Å². The lowest BCUT2D eigenvalue weighted by Gasteiger charge is -1.81. The molecule has 1 rings (SSSR count). The van der Waals surface area contributed by atoms with E-state index in [2.05, 4.69) is 5.32 Å². The first-order valence-electron chi connectivity index (χ1n) is 2.83. The fraction of sp³-hybridized carbons (Fsp3) is 0. The van der Waals surface area contributed by atoms with Gasteiger partial charge in [0.05, 0.1) is 0 Å². The van der Waals surface area contributed by atoms with E-state index in [-0.39, 0.29) is 0 Å². The molecule has 2 nitrogen and oxygen atoms in total. The van der Waals surface area contributed by atoms with E-state index >= 15 is 0 Å². The third-order valence-corrected chi connectivity index (χ3v) is 1.79. The Morgan fingerprint density at radius 3 is 3.10 bits per heavy atom. The zero-order valence-electron chi connectivity index (χ0n) is 5.28. The van der Waals surface area contributed by atoms with Gasteiger partial charge < -0.3 is 5.32 Å². The highest BCUT2D eigenvalue weighted by Crippen LogP contribution is 2.08. The summed E-state index contributed by atoms with van der Waals surface area (Å²) in [5.74, 6) is 0. The number of amides is 1. The quantitative estimate of drug-likeness (QED) is 0.654. The molecule has 0 bridgehead atoms. The molecule has 1 aromatic rings. The molecule has 0 fully saturated rings. The second-order valence-corrected chi connectivity index (χ2v) is 2.61. The van der Waals surface area contributed by atoms with Crippen LogP contribution in [0, 0.1) is 0 Å². The Hall–Kier alpha value is -1.09. The van der Waals surface area contributed by atoms with Gasteiger partial charge in [0.15, 0.2) is 0 Å². The fourth-order valence-corrected chi connectivity index (χ4v) is 1.17. The highest BCUT2D eigenvalue weighted by molar-refractivity contribution is 7.10. The summed E-state index contributed by atoms with van der Waals surface area (Å²) in [4.78, 5) is 10.9. The second-order valence-electron chi connectivity index (χ2n) is 1.63. The van der Waals surface area contributed by atoms with E-state index in [1.165, 1.54) is 0 Å². The number of nitrogens with one attached hydrogen (secondary N) is 1. The van der Waals surface area contributed by atoms with E-state index in [1.807, 2.05) is 23.6 Å². The van der Waals surface area contributed by atoms with Crippen LogP contribution in [0.2, 0.25) is 0 Å². The maximum absolute atomic E-state index is 9.77. The Bertz CT molecular complexity index is 216. The third-order valence-electron chi connectivity index (χ3n) is 0.955. The zero-order valence-corrected chi connectivity index (χ0v) is 6.10. The van der Waals surface area contributed by atoms with Gasteiger partial charge in [-0.15, -0.1) is 11.3 Å². The molecule has 0 aliphatic heterocycles. The van der Waals surface area contributed by atoms with Crippen molar-refractivity contribution >= 4 is 23.8 Å². The minimum Gasteiger partial charge on any atom is -0.335 e. The summed E-state index contributed by atoms with van der Waals surface area (Å²) in [6, 6.07) is 3.94. The maximum Gasteiger partial charge on any atom is 0.211 e. The van der Waals surface area contributed by atoms with Crippen LogP contribution in [0.1, 0.15) is 4.88 Å². The van der Waals surface area contributed by atoms with E-state index in [1.54, 1.807) is 17.5 Å². The summed E-state index contributed by atoms with van der Waals surface area (Å²) in [6.07, 6.45) is 4.10. The summed E-state index contributed by atoms with van der Waals surface area (Å²) < 4.78 is 0. The Kier molecular flexibility index (Phi) is 2.70. The minimum atomic E-state index is 0.643. The number of carbonyl (C=O) groups is 1. The molecule has 10 heavy (non-hydrogen) atoms. The van der Waals surface area contributed by atoms with Gasteiger partial charge >= 0.3 is 0 Å². The van der Waals surface area contributed by atoms with Crippen LogP contribution in [-0.4, -0.2) is 6.41 Å². The van der Waals surface area contributed by atoms with Crippen LogP contribution in [0.4, 0.5) is 0 Å². The molecule has 3 heteroatoms. The SMILES string of the molecule is O=CNC=Cc1cccs1. The average molecular weight is 153 g/mol. The van der Waals surface area contributed by atoms with E-state index in [0.717, 1.165) is 4.88 Å². The van der Waals surface area contributed by atoms with Crippen molar-refractivity contribution in [2.75, 3.05) is 0 Å². The molecule has 1 heterocycles. The molecular weight excluding hydrogens is 146 g/mol. The lowest BCUT2D eigenvalue weighted by molar-refractivity contribution is -0.108. The normalized spacial score (nSPS) is 10.0. The fourth-order valence-electron chi connectivity index (χ4n) is 0.556. The molecule has 1 aromatic heterocycles. The molecule has 0 aliphatic rings. The van der Waals surface area contributed by atoms with Gasteiger partial charge in [-0.2, -0.15) is 0 Å². The Morgan fingerprint density at radius 2 is 2.50 bits per heavy atom. The van der Waals surface area contributed by atoms with Gasteiger partial charge in [0, 0.05) is 11.1 Å². The van der Waals surface area contributed by atoms with Gasteiger partial charge in [0.25, 0.3) is 0 Å². The zero-order chi connectivity index (χ0) is 7.23. The van der Waals surface area contributed by atoms with E-state index < -0.39 is 0 Å². The van der Waals surface area contributed by atoms with E-state index in [9.17, 15) is 4.79 Å². The topological polar surface area (TPSA) is 29.1 Å². The first kappa shape index (κ1) is 7.02. The summed E-state index contributed by atoms with van der Waals surface area (Å²) >= 11 is 1.63. The van der Waals surface area contributed by atoms with Crippen molar-refractivity contribution in [3.8, 4) is 0 Å². The van der Waals surface area contributed by atoms with Gasteiger partial charge in [-0.05, 0) is 17.5 Å². The largest absolute Gasteiger partial charge is 0.335 e. The molecule has 0 unspecified atom stereocenters. The number of carbonyl (C=O) groups excluding carboxylic acids is 1. The van der Waals surface area contributed by atoms with Crippen molar-refractivity contribution in [1.82, 2.24) is 5.32 Å². The monoisotopic (exact) mass is 153 g/mol. The maximum atomic E-state index is 9.77. The predicted molar refractivity (Wildman–Crippen MR) is 42.6 cm³/mol. The predicted octanol–water partition coefficient (Wildman–Crippen LogP) is 1.46. The highest BCUT2D eigenvalue weighted by atomic mass is 32.1. The Balaban J connectivity index is 2.47. The van der Waals surface area contributed by atoms with Crippen LogP contribution < -0.4 is 5.32 Å². The van der Waals surface area contributed by atoms with Gasteiger partial charge in [0.2, 0.25) is 6.41 Å². The Labute approximate surface area is 63.2 Å². The molecule has 0 radical (unpaired) electrons. The van der Waals surface area contributed by atoms with Crippen molar-refractivity contribution in [1.29, 1.82) is 0 Å². The first-order chi connectivity index (χ1) is 4.93. The molecule has 52 valence electrons. The van der Waals surface area contributed by atoms with Crippen LogP contribution in [0.3, 0.4) is 0 Å². The second kappa shape index (κ2) is 3.85. The van der Waals surface area contributed by atoms with E-state index in [0.29, 0.717) is 6.41 Å². The molecule has 0 saturated carbocycles. The standard InChI is InChI=1S/C7H7NOS/c9-6-8-4-3-7-2-1-5-10-7/h1-6H,(H,8,9). The first-order valence-corrected chi connectivity index (χ1v) is 3.71. The van der Waals surface area contributed by atoms with Crippen LogP contribution in [0.15, 0.2) is 23.7 Å². The average Bonchev–Trinajstić information content (AvgIpc) is 2.41. The molecule has 0 aliphatic carbocycles. The smallest absolute Gasteiger partial charge is 0.211 e. The molecular formula is C7H7NOS. The molecule has 1 amide bonds. The molecule has 1 N–H and O–H groups in total. The van der Waals surface area contributed by atoms with Crippen molar-refractivity contribution in [2.45, 2.75) is 0 Å². The number of hydrogen-bond donors (Lipinski definition) is 1. The van der Waals surface area contributed by atoms with E-state index in [4.69, 9.17) is 0 Å². The molecule has 0 saturated heterocycles. The molecule has 0 spiro atoms. The van der Waals surface area contributed by atoms with Gasteiger partial charge in [-0.3, -0.25) is 4.79 Å². The Morgan fingerprint density at radius 1 is 1.60 bits per heavy atom. The summed E-state index contributed by atoms with van der Waals surface area (Å²) in [7, 11) is 0. The molecule has 0 atom stereocenters. The van der Waals surface area contributed by atoms with Crippen LogP contribution in [-0.2, 0) is 4.79 Å². The molecule has 0 aromatic carbocycles. The van der Waals surface area contributed by atoms with Crippen LogP contribution in [0.25, 0.3) is 6.08 Å². The number of rotatable bonds is 3. The van der Waals surface area contributed by atoms with Gasteiger partial charge in [-0.1, -0.05) is 6.07 Å². The summed E-state index contributed by atoms with van der Waals surface area (Å²) in [6.45, 7) is 0. The highest BCUT2D eigenvalue weighted by Gasteiger charge is 1.82. The lowest BCUT2D eigenvalue weighted by Crippen LogP contribution is -1.97.